The third-order valence-corrected chi connectivity index (χ3v) is 7.85. The van der Waals surface area contributed by atoms with Crippen molar-refractivity contribution in [3.8, 4) is 40.2 Å². The molecule has 0 aromatic heterocycles. The van der Waals surface area contributed by atoms with E-state index in [1.807, 2.05) is 0 Å². The number of carboxylic acid groups (broad SMARTS) is 1. The Labute approximate surface area is 270 Å². The lowest BCUT2D eigenvalue weighted by molar-refractivity contribution is -0.185. The van der Waals surface area contributed by atoms with Crippen LogP contribution in [-0.2, 0) is 24.1 Å². The minimum atomic E-state index is -3.75. The monoisotopic (exact) mass is 644 g/mol. The first kappa shape index (κ1) is 33.2. The van der Waals surface area contributed by atoms with Crippen LogP contribution in [0.25, 0.3) is 11.1 Å². The van der Waals surface area contributed by atoms with Gasteiger partial charge in [0.1, 0.15) is 37.4 Å². The molecule has 11 heteroatoms. The second-order valence-electron chi connectivity index (χ2n) is 11.2. The van der Waals surface area contributed by atoms with Crippen molar-refractivity contribution < 1.29 is 42.7 Å². The molecule has 0 bridgehead atoms. The standard InChI is InChI=1S/C36H34F2N2O7/c1-21-14-27(17-32(29(21)19-40-34(23(3)41)35(42)43)46-20-25-7-4-6-24(15-25)18-39)47-36(37,38)30-9-5-8-28(22(30)2)26-10-11-31-33(16-26)45-13-12-44-31/h4-11,14-17,23,34,40-41H,12-13,19-20H2,1-3H3,(H,42,43)/t23-,34+/m0/s1. The highest BCUT2D eigenvalue weighted by atomic mass is 19.3. The molecule has 0 aliphatic carbocycles. The number of fused-ring (bicyclic) bond motifs is 1. The van der Waals surface area contributed by atoms with Crippen molar-refractivity contribution in [3.63, 3.8) is 0 Å². The summed E-state index contributed by atoms with van der Waals surface area (Å²) in [6.45, 7) is 5.40. The number of nitriles is 1. The zero-order valence-corrected chi connectivity index (χ0v) is 26.1. The number of aryl methyl sites for hydroxylation is 1. The molecule has 1 heterocycles. The van der Waals surface area contributed by atoms with Crippen molar-refractivity contribution >= 4 is 5.97 Å². The molecular formula is C36H34F2N2O7. The lowest BCUT2D eigenvalue weighted by atomic mass is 9.95. The van der Waals surface area contributed by atoms with Crippen LogP contribution in [-0.4, -0.2) is 41.5 Å². The predicted molar refractivity (Wildman–Crippen MR) is 169 cm³/mol. The minimum absolute atomic E-state index is 0.00272. The van der Waals surface area contributed by atoms with Gasteiger partial charge >= 0.3 is 12.1 Å². The van der Waals surface area contributed by atoms with Crippen molar-refractivity contribution in [3.05, 3.63) is 106 Å². The molecule has 0 radical (unpaired) electrons. The van der Waals surface area contributed by atoms with Crippen LogP contribution >= 0.6 is 0 Å². The Kier molecular flexibility index (Phi) is 9.94. The van der Waals surface area contributed by atoms with Gasteiger partial charge in [-0.1, -0.05) is 30.3 Å². The van der Waals surface area contributed by atoms with Gasteiger partial charge in [0.2, 0.25) is 0 Å². The maximum absolute atomic E-state index is 16.0. The molecule has 0 saturated heterocycles. The fourth-order valence-electron chi connectivity index (χ4n) is 5.41. The van der Waals surface area contributed by atoms with Crippen LogP contribution in [0.5, 0.6) is 23.0 Å². The Morgan fingerprint density at radius 1 is 1.04 bits per heavy atom. The van der Waals surface area contributed by atoms with E-state index in [0.717, 1.165) is 0 Å². The van der Waals surface area contributed by atoms with E-state index >= 15 is 8.78 Å². The smallest absolute Gasteiger partial charge is 0.426 e. The van der Waals surface area contributed by atoms with Crippen LogP contribution in [0.3, 0.4) is 0 Å². The largest absolute Gasteiger partial charge is 0.488 e. The number of aliphatic carboxylic acids is 1. The minimum Gasteiger partial charge on any atom is -0.488 e. The fraction of sp³-hybridized carbons (Fsp3) is 0.278. The Bertz CT molecular complexity index is 1820. The highest BCUT2D eigenvalue weighted by Gasteiger charge is 2.37. The van der Waals surface area contributed by atoms with Crippen molar-refractivity contribution in [2.75, 3.05) is 13.2 Å². The molecule has 4 aromatic carbocycles. The summed E-state index contributed by atoms with van der Waals surface area (Å²) in [6, 6.07) is 20.2. The maximum Gasteiger partial charge on any atom is 0.426 e. The van der Waals surface area contributed by atoms with Gasteiger partial charge in [-0.15, -0.1) is 0 Å². The molecule has 0 spiro atoms. The van der Waals surface area contributed by atoms with E-state index in [-0.39, 0.29) is 30.2 Å². The van der Waals surface area contributed by atoms with Gasteiger partial charge in [-0.25, -0.2) is 0 Å². The van der Waals surface area contributed by atoms with E-state index in [1.165, 1.54) is 31.2 Å². The molecule has 9 nitrogen and oxygen atoms in total. The molecule has 5 rings (SSSR count). The molecule has 1 aliphatic heterocycles. The molecule has 244 valence electrons. The number of hydrogen-bond donors (Lipinski definition) is 3. The normalized spacial score (nSPS) is 13.7. The molecule has 3 N–H and O–H groups in total. The van der Waals surface area contributed by atoms with Gasteiger partial charge in [-0.2, -0.15) is 14.0 Å². The van der Waals surface area contributed by atoms with Crippen LogP contribution in [0.4, 0.5) is 8.78 Å². The lowest BCUT2D eigenvalue weighted by Gasteiger charge is -2.24. The van der Waals surface area contributed by atoms with Gasteiger partial charge in [0, 0.05) is 18.2 Å². The summed E-state index contributed by atoms with van der Waals surface area (Å²) in [5.41, 5.74) is 3.32. The number of aliphatic hydroxyl groups is 1. The van der Waals surface area contributed by atoms with Gasteiger partial charge in [0.05, 0.1) is 23.3 Å². The Morgan fingerprint density at radius 3 is 2.51 bits per heavy atom. The zero-order chi connectivity index (χ0) is 33.7. The molecule has 4 aromatic rings. The van der Waals surface area contributed by atoms with Crippen LogP contribution in [0, 0.1) is 25.2 Å². The Balaban J connectivity index is 1.45. The number of aliphatic hydroxyl groups excluding tert-OH is 1. The summed E-state index contributed by atoms with van der Waals surface area (Å²) in [5, 5.41) is 31.5. The van der Waals surface area contributed by atoms with Crippen LogP contribution in [0.2, 0.25) is 0 Å². The highest BCUT2D eigenvalue weighted by molar-refractivity contribution is 5.74. The third-order valence-electron chi connectivity index (χ3n) is 7.85. The van der Waals surface area contributed by atoms with E-state index in [4.69, 9.17) is 18.9 Å². The number of hydrogen-bond acceptors (Lipinski definition) is 8. The van der Waals surface area contributed by atoms with E-state index in [2.05, 4.69) is 11.4 Å². The first-order valence-corrected chi connectivity index (χ1v) is 14.9. The third kappa shape index (κ3) is 7.62. The highest BCUT2D eigenvalue weighted by Crippen LogP contribution is 2.41. The van der Waals surface area contributed by atoms with E-state index in [0.29, 0.717) is 63.7 Å². The predicted octanol–water partition coefficient (Wildman–Crippen LogP) is 6.24. The summed E-state index contributed by atoms with van der Waals surface area (Å²) in [4.78, 5) is 11.7. The summed E-state index contributed by atoms with van der Waals surface area (Å²) < 4.78 is 54.6. The second-order valence-corrected chi connectivity index (χ2v) is 11.2. The summed E-state index contributed by atoms with van der Waals surface area (Å²) >= 11 is 0. The maximum atomic E-state index is 16.0. The number of nitrogens with zero attached hydrogens (tertiary/aromatic N) is 1. The fourth-order valence-corrected chi connectivity index (χ4v) is 5.41. The first-order chi connectivity index (χ1) is 22.5. The van der Waals surface area contributed by atoms with Crippen molar-refractivity contribution in [1.82, 2.24) is 5.32 Å². The molecule has 1 aliphatic rings. The average molecular weight is 645 g/mol. The molecule has 0 fully saturated rings. The van der Waals surface area contributed by atoms with E-state index in [1.54, 1.807) is 62.4 Å². The first-order valence-electron chi connectivity index (χ1n) is 14.9. The number of benzene rings is 4. The molecule has 2 atom stereocenters. The van der Waals surface area contributed by atoms with Crippen molar-refractivity contribution in [1.29, 1.82) is 5.26 Å². The summed E-state index contributed by atoms with van der Waals surface area (Å²) in [7, 11) is 0. The molecule has 0 saturated carbocycles. The van der Waals surface area contributed by atoms with Crippen molar-refractivity contribution in [2.24, 2.45) is 0 Å². The molecule has 0 amide bonds. The lowest BCUT2D eigenvalue weighted by Crippen LogP contribution is -2.44. The van der Waals surface area contributed by atoms with Gasteiger partial charge in [-0.3, -0.25) is 10.1 Å². The van der Waals surface area contributed by atoms with E-state index in [9.17, 15) is 20.3 Å². The van der Waals surface area contributed by atoms with Crippen LogP contribution in [0.1, 0.15) is 40.3 Å². The molecule has 47 heavy (non-hydrogen) atoms. The van der Waals surface area contributed by atoms with Crippen LogP contribution < -0.4 is 24.3 Å². The quantitative estimate of drug-likeness (QED) is 0.164. The summed E-state index contributed by atoms with van der Waals surface area (Å²) in [6.07, 6.45) is -4.95. The Hall–Kier alpha value is -5.18. The van der Waals surface area contributed by atoms with Gasteiger partial charge < -0.3 is 29.2 Å². The average Bonchev–Trinajstić information content (AvgIpc) is 3.04. The topological polar surface area (TPSA) is 130 Å². The number of halogens is 2. The van der Waals surface area contributed by atoms with Crippen LogP contribution in [0.15, 0.2) is 72.8 Å². The second kappa shape index (κ2) is 14.1. The number of rotatable bonds is 12. The van der Waals surface area contributed by atoms with Gasteiger partial charge in [-0.05, 0) is 85.0 Å². The number of carboxylic acids is 1. The molecule has 0 unspecified atom stereocenters. The van der Waals surface area contributed by atoms with Gasteiger partial charge in [0.25, 0.3) is 0 Å². The number of alkyl halides is 2. The SMILES string of the molecule is Cc1cc(OC(F)(F)c2cccc(-c3ccc4c(c3)OCCO4)c2C)cc(OCc2cccc(C#N)c2)c1CN[C@@H](C(=O)O)[C@H](C)O. The number of ether oxygens (including phenoxy) is 4. The zero-order valence-electron chi connectivity index (χ0n) is 26.1. The number of nitrogens with one attached hydrogen (secondary N) is 1. The van der Waals surface area contributed by atoms with E-state index < -0.39 is 24.2 Å². The number of carbonyl (C=O) groups is 1. The summed E-state index contributed by atoms with van der Waals surface area (Å²) in [5.74, 6) is -0.117. The van der Waals surface area contributed by atoms with Gasteiger partial charge in [0.15, 0.2) is 11.5 Å². The molecular weight excluding hydrogens is 610 g/mol. The van der Waals surface area contributed by atoms with Crippen molar-refractivity contribution in [2.45, 2.75) is 52.2 Å². The Morgan fingerprint density at radius 2 is 1.79 bits per heavy atom.